The van der Waals surface area contributed by atoms with Crippen molar-refractivity contribution in [3.8, 4) is 0 Å². The highest BCUT2D eigenvalue weighted by molar-refractivity contribution is 5.74. The molecule has 0 aromatic carbocycles. The van der Waals surface area contributed by atoms with E-state index in [-0.39, 0.29) is 5.91 Å². The lowest BCUT2D eigenvalue weighted by molar-refractivity contribution is -0.119. The summed E-state index contributed by atoms with van der Waals surface area (Å²) in [4.78, 5) is 10.9. The van der Waals surface area contributed by atoms with Crippen LogP contribution in [0.15, 0.2) is 0 Å². The first kappa shape index (κ1) is 9.00. The summed E-state index contributed by atoms with van der Waals surface area (Å²) in [6.45, 7) is 2.16. The molecule has 3 heteroatoms. The van der Waals surface area contributed by atoms with Crippen molar-refractivity contribution in [2.75, 3.05) is 13.1 Å². The van der Waals surface area contributed by atoms with E-state index < -0.39 is 0 Å². The van der Waals surface area contributed by atoms with Gasteiger partial charge < -0.3 is 11.1 Å². The fourth-order valence-electron chi connectivity index (χ4n) is 2.52. The Labute approximate surface area is 79.1 Å². The third-order valence-electron chi connectivity index (χ3n) is 3.37. The van der Waals surface area contributed by atoms with E-state index in [1.807, 2.05) is 0 Å². The van der Waals surface area contributed by atoms with Gasteiger partial charge in [0.15, 0.2) is 0 Å². The molecule has 3 nitrogen and oxygen atoms in total. The van der Waals surface area contributed by atoms with Gasteiger partial charge in [0.1, 0.15) is 0 Å². The van der Waals surface area contributed by atoms with Crippen LogP contribution in [0.3, 0.4) is 0 Å². The van der Waals surface area contributed by atoms with Gasteiger partial charge in [0.25, 0.3) is 0 Å². The molecule has 0 aromatic heterocycles. The molecule has 1 heterocycles. The van der Waals surface area contributed by atoms with Crippen molar-refractivity contribution < 1.29 is 4.79 Å². The van der Waals surface area contributed by atoms with Gasteiger partial charge in [-0.15, -0.1) is 0 Å². The maximum Gasteiger partial charge on any atom is 0.217 e. The molecule has 2 aliphatic rings. The monoisotopic (exact) mass is 182 g/mol. The lowest BCUT2D eigenvalue weighted by Crippen LogP contribution is -2.39. The molecule has 0 bridgehead atoms. The van der Waals surface area contributed by atoms with Crippen LogP contribution in [0.1, 0.15) is 25.7 Å². The van der Waals surface area contributed by atoms with Crippen LogP contribution in [0.2, 0.25) is 0 Å². The molecule has 2 atom stereocenters. The molecule has 0 unspecified atom stereocenters. The summed E-state index contributed by atoms with van der Waals surface area (Å²) in [6.07, 6.45) is 4.45. The summed E-state index contributed by atoms with van der Waals surface area (Å²) >= 11 is 0. The van der Waals surface area contributed by atoms with Crippen molar-refractivity contribution in [2.45, 2.75) is 25.7 Å². The number of nitrogens with one attached hydrogen (secondary N) is 1. The zero-order valence-corrected chi connectivity index (χ0v) is 7.96. The second kappa shape index (κ2) is 3.66. The third kappa shape index (κ3) is 2.21. The average Bonchev–Trinajstić information content (AvgIpc) is 2.87. The van der Waals surface area contributed by atoms with Crippen molar-refractivity contribution in [1.29, 1.82) is 0 Å². The Hall–Kier alpha value is -0.570. The van der Waals surface area contributed by atoms with E-state index in [1.165, 1.54) is 12.8 Å². The van der Waals surface area contributed by atoms with Crippen LogP contribution in [0.5, 0.6) is 0 Å². The molecule has 1 aliphatic carbocycles. The summed E-state index contributed by atoms with van der Waals surface area (Å²) in [6, 6.07) is 0. The number of nitrogens with two attached hydrogens (primary N) is 1. The van der Waals surface area contributed by atoms with Gasteiger partial charge in [-0.3, -0.25) is 4.79 Å². The first-order valence-corrected chi connectivity index (χ1v) is 5.26. The Morgan fingerprint density at radius 1 is 1.38 bits per heavy atom. The lowest BCUT2D eigenvalue weighted by atomic mass is 9.81. The van der Waals surface area contributed by atoms with E-state index in [1.54, 1.807) is 0 Å². The molecule has 3 N–H and O–H groups in total. The smallest absolute Gasteiger partial charge is 0.217 e. The maximum absolute atomic E-state index is 10.9. The van der Waals surface area contributed by atoms with Crippen molar-refractivity contribution in [2.24, 2.45) is 23.5 Å². The highest BCUT2D eigenvalue weighted by atomic mass is 16.1. The molecule has 0 spiro atoms. The van der Waals surface area contributed by atoms with Crippen LogP contribution in [-0.4, -0.2) is 19.0 Å². The van der Waals surface area contributed by atoms with Crippen molar-refractivity contribution >= 4 is 5.91 Å². The van der Waals surface area contributed by atoms with Crippen molar-refractivity contribution in [1.82, 2.24) is 5.32 Å². The molecule has 1 saturated heterocycles. The Morgan fingerprint density at radius 2 is 2.15 bits per heavy atom. The molecule has 0 radical (unpaired) electrons. The molecular weight excluding hydrogens is 164 g/mol. The predicted octanol–water partition coefficient (Wildman–Crippen LogP) is 0.497. The zero-order valence-electron chi connectivity index (χ0n) is 7.96. The second-order valence-electron chi connectivity index (χ2n) is 4.42. The molecule has 1 amide bonds. The Morgan fingerprint density at radius 3 is 2.77 bits per heavy atom. The highest BCUT2D eigenvalue weighted by Crippen LogP contribution is 2.43. The number of amides is 1. The van der Waals surface area contributed by atoms with Gasteiger partial charge in [-0.25, -0.2) is 0 Å². The molecule has 74 valence electrons. The predicted molar refractivity (Wildman–Crippen MR) is 51.0 cm³/mol. The van der Waals surface area contributed by atoms with Crippen LogP contribution in [0, 0.1) is 17.8 Å². The van der Waals surface area contributed by atoms with Crippen LogP contribution in [-0.2, 0) is 4.79 Å². The summed E-state index contributed by atoms with van der Waals surface area (Å²) in [7, 11) is 0. The number of primary amides is 1. The van der Waals surface area contributed by atoms with Crippen LogP contribution >= 0.6 is 0 Å². The molecular formula is C10H18N2O. The van der Waals surface area contributed by atoms with Gasteiger partial charge >= 0.3 is 0 Å². The number of rotatable bonds is 3. The van der Waals surface area contributed by atoms with Crippen LogP contribution in [0.4, 0.5) is 0 Å². The third-order valence-corrected chi connectivity index (χ3v) is 3.37. The van der Waals surface area contributed by atoms with E-state index in [2.05, 4.69) is 5.32 Å². The fraction of sp³-hybridized carbons (Fsp3) is 0.900. The Kier molecular flexibility index (Phi) is 2.54. The van der Waals surface area contributed by atoms with Gasteiger partial charge in [0.05, 0.1) is 0 Å². The highest BCUT2D eigenvalue weighted by Gasteiger charge is 2.37. The number of carbonyl (C=O) groups is 1. The zero-order chi connectivity index (χ0) is 9.26. The molecule has 0 aromatic rings. The first-order valence-electron chi connectivity index (χ1n) is 5.26. The summed E-state index contributed by atoms with van der Waals surface area (Å²) < 4.78 is 0. The number of hydrogen-bond acceptors (Lipinski definition) is 2. The molecule has 2 rings (SSSR count). The van der Waals surface area contributed by atoms with Gasteiger partial charge in [-0.05, 0) is 50.1 Å². The Balaban J connectivity index is 1.91. The molecule has 2 fully saturated rings. The first-order chi connectivity index (χ1) is 6.27. The van der Waals surface area contributed by atoms with Gasteiger partial charge in [0.2, 0.25) is 5.91 Å². The normalized spacial score (nSPS) is 34.5. The van der Waals surface area contributed by atoms with Crippen molar-refractivity contribution in [3.63, 3.8) is 0 Å². The summed E-state index contributed by atoms with van der Waals surface area (Å²) in [5.41, 5.74) is 5.25. The number of carbonyl (C=O) groups excluding carboxylic acids is 1. The maximum atomic E-state index is 10.9. The average molecular weight is 182 g/mol. The quantitative estimate of drug-likeness (QED) is 0.667. The number of piperidine rings is 1. The summed E-state index contributed by atoms with van der Waals surface area (Å²) in [5, 5.41) is 3.41. The largest absolute Gasteiger partial charge is 0.370 e. The minimum atomic E-state index is -0.127. The minimum absolute atomic E-state index is 0.127. The van der Waals surface area contributed by atoms with Crippen molar-refractivity contribution in [3.05, 3.63) is 0 Å². The lowest BCUT2D eigenvalue weighted by Gasteiger charge is -2.31. The van der Waals surface area contributed by atoms with E-state index >= 15 is 0 Å². The topological polar surface area (TPSA) is 55.1 Å². The molecule has 1 aliphatic heterocycles. The molecule has 1 saturated carbocycles. The standard InChI is InChI=1S/C10H18N2O/c11-10(13)5-8-3-4-12-6-9(8)7-1-2-7/h7-9,12H,1-6H2,(H2,11,13)/t8-,9+/m0/s1. The van der Waals surface area contributed by atoms with E-state index in [4.69, 9.17) is 5.73 Å². The van der Waals surface area contributed by atoms with Gasteiger partial charge in [-0.1, -0.05) is 0 Å². The number of hydrogen-bond donors (Lipinski definition) is 2. The summed E-state index contributed by atoms with van der Waals surface area (Å²) in [5.74, 6) is 2.04. The van der Waals surface area contributed by atoms with E-state index in [0.717, 1.165) is 31.3 Å². The second-order valence-corrected chi connectivity index (χ2v) is 4.42. The van der Waals surface area contributed by atoms with E-state index in [9.17, 15) is 4.79 Å². The van der Waals surface area contributed by atoms with Crippen LogP contribution < -0.4 is 11.1 Å². The fourth-order valence-corrected chi connectivity index (χ4v) is 2.52. The molecule has 13 heavy (non-hydrogen) atoms. The SMILES string of the molecule is NC(=O)C[C@@H]1CCNC[C@@H]1C1CC1. The Bertz CT molecular complexity index is 201. The van der Waals surface area contributed by atoms with Crippen LogP contribution in [0.25, 0.3) is 0 Å². The van der Waals surface area contributed by atoms with E-state index in [0.29, 0.717) is 12.3 Å². The van der Waals surface area contributed by atoms with Gasteiger partial charge in [-0.2, -0.15) is 0 Å². The van der Waals surface area contributed by atoms with Gasteiger partial charge in [0, 0.05) is 6.42 Å². The minimum Gasteiger partial charge on any atom is -0.370 e.